The first-order valence-electron chi connectivity index (χ1n) is 8.72. The minimum absolute atomic E-state index is 0.447. The number of carboxylic acid groups (broad SMARTS) is 1. The molecule has 0 bridgehead atoms. The van der Waals surface area contributed by atoms with Crippen molar-refractivity contribution in [2.45, 2.75) is 65.2 Å². The molecular weight excluding hydrogens is 284 g/mol. The highest BCUT2D eigenvalue weighted by Gasteiger charge is 2.36. The molecule has 2 aliphatic carbocycles. The van der Waals surface area contributed by atoms with E-state index in [9.17, 15) is 9.90 Å². The Kier molecular flexibility index (Phi) is 3.10. The van der Waals surface area contributed by atoms with Gasteiger partial charge < -0.3 is 5.11 Å². The summed E-state index contributed by atoms with van der Waals surface area (Å²) in [7, 11) is 0. The zero-order chi connectivity index (χ0) is 16.5. The molecule has 2 heteroatoms. The van der Waals surface area contributed by atoms with Crippen molar-refractivity contribution in [3.8, 4) is 0 Å². The van der Waals surface area contributed by atoms with Crippen LogP contribution < -0.4 is 0 Å². The van der Waals surface area contributed by atoms with Crippen LogP contribution in [0, 0.1) is 27.7 Å². The van der Waals surface area contributed by atoms with Crippen LogP contribution in [-0.2, 0) is 0 Å². The van der Waals surface area contributed by atoms with Gasteiger partial charge in [-0.2, -0.15) is 0 Å². The van der Waals surface area contributed by atoms with E-state index in [0.29, 0.717) is 17.4 Å². The predicted octanol–water partition coefficient (Wildman–Crippen LogP) is 5.53. The molecule has 2 nitrogen and oxygen atoms in total. The van der Waals surface area contributed by atoms with Gasteiger partial charge in [-0.1, -0.05) is 0 Å². The quantitative estimate of drug-likeness (QED) is 0.810. The maximum Gasteiger partial charge on any atom is 0.336 e. The summed E-state index contributed by atoms with van der Waals surface area (Å²) < 4.78 is 0. The molecule has 0 spiro atoms. The van der Waals surface area contributed by atoms with Crippen molar-refractivity contribution >= 4 is 16.7 Å². The van der Waals surface area contributed by atoms with Crippen LogP contribution in [0.2, 0.25) is 0 Å². The van der Waals surface area contributed by atoms with Gasteiger partial charge in [-0.25, -0.2) is 4.79 Å². The van der Waals surface area contributed by atoms with Gasteiger partial charge >= 0.3 is 5.97 Å². The number of aryl methyl sites for hydroxylation is 2. The molecule has 2 aromatic rings. The zero-order valence-corrected chi connectivity index (χ0v) is 14.4. The molecule has 23 heavy (non-hydrogen) atoms. The fraction of sp³-hybridized carbons (Fsp3) is 0.476. The molecule has 0 amide bonds. The summed E-state index contributed by atoms with van der Waals surface area (Å²) in [5, 5.41) is 12.5. The van der Waals surface area contributed by atoms with Crippen LogP contribution in [0.3, 0.4) is 0 Å². The van der Waals surface area contributed by atoms with E-state index in [0.717, 1.165) is 36.8 Å². The maximum absolute atomic E-state index is 12.1. The van der Waals surface area contributed by atoms with E-state index in [1.54, 1.807) is 0 Å². The molecule has 0 saturated heterocycles. The maximum atomic E-state index is 12.1. The van der Waals surface area contributed by atoms with Crippen molar-refractivity contribution in [3.63, 3.8) is 0 Å². The van der Waals surface area contributed by atoms with Crippen LogP contribution in [0.1, 0.15) is 81.3 Å². The molecule has 0 heterocycles. The van der Waals surface area contributed by atoms with Crippen LogP contribution in [0.5, 0.6) is 0 Å². The topological polar surface area (TPSA) is 37.3 Å². The van der Waals surface area contributed by atoms with E-state index in [2.05, 4.69) is 33.8 Å². The number of carboxylic acids is 1. The van der Waals surface area contributed by atoms with E-state index in [4.69, 9.17) is 0 Å². The minimum atomic E-state index is -0.731. The summed E-state index contributed by atoms with van der Waals surface area (Å²) in [6.45, 7) is 8.72. The summed E-state index contributed by atoms with van der Waals surface area (Å²) in [6, 6.07) is 2.21. The molecule has 0 radical (unpaired) electrons. The average molecular weight is 308 g/mol. The van der Waals surface area contributed by atoms with Crippen LogP contribution in [0.4, 0.5) is 0 Å². The molecule has 4 rings (SSSR count). The lowest BCUT2D eigenvalue weighted by Crippen LogP contribution is -2.09. The van der Waals surface area contributed by atoms with Crippen molar-refractivity contribution in [2.75, 3.05) is 0 Å². The minimum Gasteiger partial charge on any atom is -0.478 e. The second-order valence-electron chi connectivity index (χ2n) is 7.53. The Morgan fingerprint density at radius 2 is 1.48 bits per heavy atom. The van der Waals surface area contributed by atoms with Gasteiger partial charge in [-0.3, -0.25) is 0 Å². The Morgan fingerprint density at radius 1 is 0.913 bits per heavy atom. The number of hydrogen-bond acceptors (Lipinski definition) is 1. The van der Waals surface area contributed by atoms with Gasteiger partial charge in [0.2, 0.25) is 0 Å². The van der Waals surface area contributed by atoms with Gasteiger partial charge in [0.25, 0.3) is 0 Å². The average Bonchev–Trinajstić information content (AvgIpc) is 3.39. The molecule has 2 aliphatic rings. The molecule has 2 saturated carbocycles. The molecule has 1 N–H and O–H groups in total. The normalized spacial score (nSPS) is 17.7. The molecule has 0 unspecified atom stereocenters. The van der Waals surface area contributed by atoms with E-state index < -0.39 is 5.97 Å². The van der Waals surface area contributed by atoms with E-state index in [-0.39, 0.29) is 0 Å². The lowest BCUT2D eigenvalue weighted by molar-refractivity contribution is 0.0694. The summed E-state index contributed by atoms with van der Waals surface area (Å²) >= 11 is 0. The van der Waals surface area contributed by atoms with Gasteiger partial charge in [0.15, 0.2) is 0 Å². The lowest BCUT2D eigenvalue weighted by Gasteiger charge is -2.21. The summed E-state index contributed by atoms with van der Waals surface area (Å²) in [5.74, 6) is 0.179. The van der Waals surface area contributed by atoms with Gasteiger partial charge in [0, 0.05) is 0 Å². The number of hydrogen-bond donors (Lipinski definition) is 1. The van der Waals surface area contributed by atoms with Gasteiger partial charge in [0.1, 0.15) is 0 Å². The van der Waals surface area contributed by atoms with Crippen molar-refractivity contribution < 1.29 is 9.90 Å². The summed E-state index contributed by atoms with van der Waals surface area (Å²) in [6.07, 6.45) is 4.54. The fourth-order valence-electron chi connectivity index (χ4n) is 4.11. The highest BCUT2D eigenvalue weighted by molar-refractivity contribution is 6.03. The second kappa shape index (κ2) is 4.83. The lowest BCUT2D eigenvalue weighted by atomic mass is 9.83. The van der Waals surface area contributed by atoms with E-state index in [1.807, 2.05) is 0 Å². The number of carbonyl (C=O) groups is 1. The molecule has 2 fully saturated rings. The van der Waals surface area contributed by atoms with Crippen molar-refractivity contribution in [3.05, 3.63) is 45.0 Å². The molecule has 0 aromatic heterocycles. The third-order valence-corrected chi connectivity index (χ3v) is 6.08. The Morgan fingerprint density at radius 3 is 2.00 bits per heavy atom. The standard InChI is InChI=1S/C21H24O2/c1-10-11(2)13(4)18-16(12(10)3)9-17(14-5-6-14)20(21(22)23)19(18)15-7-8-15/h9,14-15H,5-8H2,1-4H3,(H,22,23). The Balaban J connectivity index is 2.20. The number of benzene rings is 2. The highest BCUT2D eigenvalue weighted by Crippen LogP contribution is 2.51. The number of fused-ring (bicyclic) bond motifs is 1. The van der Waals surface area contributed by atoms with Gasteiger partial charge in [0.05, 0.1) is 5.56 Å². The SMILES string of the molecule is Cc1c(C)c(C)c2c(C3CC3)c(C(=O)O)c(C3CC3)cc2c1C. The number of rotatable bonds is 3. The largest absolute Gasteiger partial charge is 0.478 e. The van der Waals surface area contributed by atoms with Crippen LogP contribution in [0.15, 0.2) is 6.07 Å². The molecular formula is C21H24O2. The zero-order valence-electron chi connectivity index (χ0n) is 14.4. The molecule has 0 aliphatic heterocycles. The third-order valence-electron chi connectivity index (χ3n) is 6.08. The smallest absolute Gasteiger partial charge is 0.336 e. The third kappa shape index (κ3) is 2.11. The Labute approximate surface area is 137 Å². The highest BCUT2D eigenvalue weighted by atomic mass is 16.4. The van der Waals surface area contributed by atoms with E-state index >= 15 is 0 Å². The van der Waals surface area contributed by atoms with Gasteiger partial charge in [-0.05, 0) is 115 Å². The molecule has 0 atom stereocenters. The van der Waals surface area contributed by atoms with Crippen molar-refractivity contribution in [2.24, 2.45) is 0 Å². The summed E-state index contributed by atoms with van der Waals surface area (Å²) in [5.41, 5.74) is 8.12. The van der Waals surface area contributed by atoms with Crippen LogP contribution in [0.25, 0.3) is 10.8 Å². The van der Waals surface area contributed by atoms with Crippen LogP contribution in [-0.4, -0.2) is 11.1 Å². The Bertz CT molecular complexity index is 852. The predicted molar refractivity (Wildman–Crippen MR) is 93.8 cm³/mol. The first-order valence-corrected chi connectivity index (χ1v) is 8.72. The fourth-order valence-corrected chi connectivity index (χ4v) is 4.11. The summed E-state index contributed by atoms with van der Waals surface area (Å²) in [4.78, 5) is 12.1. The van der Waals surface area contributed by atoms with Gasteiger partial charge in [-0.15, -0.1) is 0 Å². The van der Waals surface area contributed by atoms with Crippen molar-refractivity contribution in [1.29, 1.82) is 0 Å². The second-order valence-corrected chi connectivity index (χ2v) is 7.53. The first kappa shape index (κ1) is 14.7. The van der Waals surface area contributed by atoms with E-state index in [1.165, 1.54) is 33.0 Å². The van der Waals surface area contributed by atoms with Crippen LogP contribution >= 0.6 is 0 Å². The van der Waals surface area contributed by atoms with Crippen molar-refractivity contribution in [1.82, 2.24) is 0 Å². The molecule has 2 aromatic carbocycles. The molecule has 120 valence electrons. The monoisotopic (exact) mass is 308 g/mol. The number of aromatic carboxylic acids is 1. The first-order chi connectivity index (χ1) is 10.9. The Hall–Kier alpha value is -1.83.